The van der Waals surface area contributed by atoms with E-state index in [1.807, 2.05) is 0 Å². The summed E-state index contributed by atoms with van der Waals surface area (Å²) >= 11 is 0. The summed E-state index contributed by atoms with van der Waals surface area (Å²) in [5.41, 5.74) is 0. The number of hydrogen-bond donors (Lipinski definition) is 1. The molecule has 0 bridgehead atoms. The van der Waals surface area contributed by atoms with Crippen LogP contribution in [0.3, 0.4) is 0 Å². The Balaban J connectivity index is 1.63. The molecule has 2 rings (SSSR count). The maximum Gasteiger partial charge on any atom is 0.411 e. The number of ether oxygens (including phenoxy) is 1. The summed E-state index contributed by atoms with van der Waals surface area (Å²) in [6, 6.07) is 0.576. The Morgan fingerprint density at radius 1 is 1.44 bits per heavy atom. The molecule has 0 atom stereocenters. The highest BCUT2D eigenvalue weighted by Crippen LogP contribution is 2.18. The normalized spacial score (nSPS) is 16.2. The van der Waals surface area contributed by atoms with Crippen molar-refractivity contribution in [1.82, 2.24) is 20.1 Å². The number of nitrogens with zero attached hydrogens (tertiary/aromatic N) is 3. The van der Waals surface area contributed by atoms with Crippen molar-refractivity contribution in [3.63, 3.8) is 0 Å². The fourth-order valence-electron chi connectivity index (χ4n) is 1.39. The fourth-order valence-corrected chi connectivity index (χ4v) is 1.39. The molecule has 5 nitrogen and oxygen atoms in total. The molecule has 1 heterocycles. The fraction of sp³-hybridized carbons (Fsp3) is 0.800. The van der Waals surface area contributed by atoms with E-state index in [0.717, 1.165) is 0 Å². The lowest BCUT2D eigenvalue weighted by atomic mass is 10.5. The van der Waals surface area contributed by atoms with E-state index in [0.29, 0.717) is 18.4 Å². The third-order valence-corrected chi connectivity index (χ3v) is 2.44. The summed E-state index contributed by atoms with van der Waals surface area (Å²) in [6.07, 6.45) is -0.402. The maximum absolute atomic E-state index is 11.8. The van der Waals surface area contributed by atoms with Gasteiger partial charge in [0.25, 0.3) is 0 Å². The molecule has 0 amide bonds. The van der Waals surface area contributed by atoms with E-state index in [9.17, 15) is 13.2 Å². The molecule has 1 aromatic heterocycles. The van der Waals surface area contributed by atoms with Crippen LogP contribution in [0.15, 0.2) is 6.33 Å². The van der Waals surface area contributed by atoms with E-state index in [4.69, 9.17) is 0 Å². The van der Waals surface area contributed by atoms with Crippen molar-refractivity contribution in [3.05, 3.63) is 12.2 Å². The van der Waals surface area contributed by atoms with Crippen LogP contribution in [0.25, 0.3) is 0 Å². The van der Waals surface area contributed by atoms with E-state index in [1.165, 1.54) is 23.9 Å². The van der Waals surface area contributed by atoms with Gasteiger partial charge < -0.3 is 10.1 Å². The first kappa shape index (κ1) is 13.3. The molecule has 0 aromatic carbocycles. The summed E-state index contributed by atoms with van der Waals surface area (Å²) in [6.45, 7) is -0.385. The van der Waals surface area contributed by atoms with Crippen molar-refractivity contribution in [1.29, 1.82) is 0 Å². The average Bonchev–Trinajstić information content (AvgIpc) is 3.00. The van der Waals surface area contributed by atoms with Gasteiger partial charge in [-0.1, -0.05) is 0 Å². The zero-order chi connectivity index (χ0) is 13.0. The molecule has 18 heavy (non-hydrogen) atoms. The molecule has 0 saturated heterocycles. The van der Waals surface area contributed by atoms with Crippen LogP contribution in [-0.4, -0.2) is 40.2 Å². The number of aromatic nitrogens is 3. The number of hydrogen-bond acceptors (Lipinski definition) is 4. The van der Waals surface area contributed by atoms with Crippen LogP contribution in [-0.2, 0) is 17.8 Å². The number of rotatable bonds is 7. The van der Waals surface area contributed by atoms with Crippen LogP contribution in [0.5, 0.6) is 0 Å². The molecule has 1 aliphatic rings. The molecule has 1 N–H and O–H groups in total. The Kier molecular flexibility index (Phi) is 4.18. The SMILES string of the molecule is FC(F)(F)COCCn1cnc(CNC2CC2)n1. The maximum atomic E-state index is 11.8. The second-order valence-electron chi connectivity index (χ2n) is 4.25. The second kappa shape index (κ2) is 5.66. The van der Waals surface area contributed by atoms with Crippen LogP contribution >= 0.6 is 0 Å². The van der Waals surface area contributed by atoms with Crippen LogP contribution in [0.1, 0.15) is 18.7 Å². The van der Waals surface area contributed by atoms with E-state index < -0.39 is 12.8 Å². The molecule has 1 aromatic rings. The van der Waals surface area contributed by atoms with Gasteiger partial charge in [0.1, 0.15) is 12.9 Å². The summed E-state index contributed by atoms with van der Waals surface area (Å²) in [4.78, 5) is 4.05. The minimum absolute atomic E-state index is 0.0294. The molecule has 102 valence electrons. The zero-order valence-corrected chi connectivity index (χ0v) is 9.78. The topological polar surface area (TPSA) is 52.0 Å². The van der Waals surface area contributed by atoms with Gasteiger partial charge in [0, 0.05) is 6.04 Å². The van der Waals surface area contributed by atoms with Gasteiger partial charge in [-0.2, -0.15) is 18.3 Å². The van der Waals surface area contributed by atoms with Crippen LogP contribution < -0.4 is 5.32 Å². The van der Waals surface area contributed by atoms with Gasteiger partial charge in [0.2, 0.25) is 0 Å². The third-order valence-electron chi connectivity index (χ3n) is 2.44. The van der Waals surface area contributed by atoms with Crippen molar-refractivity contribution >= 4 is 0 Å². The Labute approximate surface area is 102 Å². The second-order valence-corrected chi connectivity index (χ2v) is 4.25. The highest BCUT2D eigenvalue weighted by molar-refractivity contribution is 4.86. The van der Waals surface area contributed by atoms with Crippen molar-refractivity contribution in [3.8, 4) is 0 Å². The lowest BCUT2D eigenvalue weighted by molar-refractivity contribution is -0.174. The lowest BCUT2D eigenvalue weighted by Gasteiger charge is -2.06. The molecule has 1 saturated carbocycles. The summed E-state index contributed by atoms with van der Waals surface area (Å²) < 4.78 is 41.4. The van der Waals surface area contributed by atoms with Crippen molar-refractivity contribution in [2.45, 2.75) is 38.1 Å². The number of nitrogens with one attached hydrogen (secondary N) is 1. The average molecular weight is 264 g/mol. The Hall–Kier alpha value is -1.15. The number of alkyl halides is 3. The van der Waals surface area contributed by atoms with Gasteiger partial charge in [0.15, 0.2) is 5.82 Å². The molecule has 0 aliphatic heterocycles. The lowest BCUT2D eigenvalue weighted by Crippen LogP contribution is -2.19. The Morgan fingerprint density at radius 2 is 2.22 bits per heavy atom. The highest BCUT2D eigenvalue weighted by atomic mass is 19.4. The molecule has 8 heteroatoms. The minimum Gasteiger partial charge on any atom is -0.370 e. The van der Waals surface area contributed by atoms with E-state index in [-0.39, 0.29) is 13.2 Å². The van der Waals surface area contributed by atoms with E-state index in [2.05, 4.69) is 20.1 Å². The Bertz CT molecular complexity index is 375. The molecule has 0 spiro atoms. The van der Waals surface area contributed by atoms with Gasteiger partial charge in [-0.05, 0) is 12.8 Å². The molecule has 0 unspecified atom stereocenters. The van der Waals surface area contributed by atoms with Gasteiger partial charge in [-0.25, -0.2) is 4.98 Å². The first-order valence-electron chi connectivity index (χ1n) is 5.79. The standard InChI is InChI=1S/C10H15F3N4O/c11-10(12,13)6-18-4-3-17-7-15-9(16-17)5-14-8-1-2-8/h7-8,14H,1-6H2. The highest BCUT2D eigenvalue weighted by Gasteiger charge is 2.27. The van der Waals surface area contributed by atoms with Gasteiger partial charge in [0.05, 0.1) is 19.7 Å². The van der Waals surface area contributed by atoms with Gasteiger partial charge in [-0.15, -0.1) is 0 Å². The van der Waals surface area contributed by atoms with E-state index in [1.54, 1.807) is 0 Å². The van der Waals surface area contributed by atoms with Crippen LogP contribution in [0.4, 0.5) is 13.2 Å². The first-order valence-corrected chi connectivity index (χ1v) is 5.79. The first-order chi connectivity index (χ1) is 8.53. The summed E-state index contributed by atoms with van der Waals surface area (Å²) in [7, 11) is 0. The van der Waals surface area contributed by atoms with Crippen LogP contribution in [0, 0.1) is 0 Å². The van der Waals surface area contributed by atoms with Crippen molar-refractivity contribution in [2.24, 2.45) is 0 Å². The molecular formula is C10H15F3N4O. The van der Waals surface area contributed by atoms with Gasteiger partial charge >= 0.3 is 6.18 Å². The predicted molar refractivity (Wildman–Crippen MR) is 56.8 cm³/mol. The summed E-state index contributed by atoms with van der Waals surface area (Å²) in [5.74, 6) is 0.651. The van der Waals surface area contributed by atoms with E-state index >= 15 is 0 Å². The molecular weight excluding hydrogens is 249 g/mol. The largest absolute Gasteiger partial charge is 0.411 e. The summed E-state index contributed by atoms with van der Waals surface area (Å²) in [5, 5.41) is 7.38. The molecule has 1 aliphatic carbocycles. The molecule has 0 radical (unpaired) electrons. The molecule has 1 fully saturated rings. The van der Waals surface area contributed by atoms with Gasteiger partial charge in [-0.3, -0.25) is 4.68 Å². The van der Waals surface area contributed by atoms with Crippen LogP contribution in [0.2, 0.25) is 0 Å². The Morgan fingerprint density at radius 3 is 2.89 bits per heavy atom. The quantitative estimate of drug-likeness (QED) is 0.749. The van der Waals surface area contributed by atoms with Crippen molar-refractivity contribution in [2.75, 3.05) is 13.2 Å². The monoisotopic (exact) mass is 264 g/mol. The predicted octanol–water partition coefficient (Wildman–Crippen LogP) is 1.11. The zero-order valence-electron chi connectivity index (χ0n) is 9.78. The smallest absolute Gasteiger partial charge is 0.370 e. The third kappa shape index (κ3) is 5.01. The van der Waals surface area contributed by atoms with Crippen molar-refractivity contribution < 1.29 is 17.9 Å². The number of halogens is 3. The minimum atomic E-state index is -4.28.